The molecule has 2 aliphatic rings. The van der Waals surface area contributed by atoms with Crippen molar-refractivity contribution < 1.29 is 13.5 Å². The molecule has 0 aliphatic carbocycles. The third kappa shape index (κ3) is 4.04. The van der Waals surface area contributed by atoms with Crippen molar-refractivity contribution in [3.05, 3.63) is 88.6 Å². The Bertz CT molecular complexity index is 1500. The number of methoxy groups -OCH3 is 1. The molecule has 1 aromatic heterocycles. The Hall–Kier alpha value is -3.78. The van der Waals surface area contributed by atoms with Crippen molar-refractivity contribution in [2.75, 3.05) is 7.11 Å². The summed E-state index contributed by atoms with van der Waals surface area (Å²) in [4.78, 5) is 4.28. The molecule has 0 spiro atoms. The molecule has 1 atom stereocenters. The second-order valence-electron chi connectivity index (χ2n) is 8.45. The average molecular weight is 494 g/mol. The molecule has 0 amide bonds. The van der Waals surface area contributed by atoms with Gasteiger partial charge >= 0.3 is 0 Å². The minimum absolute atomic E-state index is 0.0131. The maximum absolute atomic E-state index is 14.2. The summed E-state index contributed by atoms with van der Waals surface area (Å²) in [7, 11) is 1.60. The number of hydrogen-bond acceptors (Lipinski definition) is 4. The van der Waals surface area contributed by atoms with Gasteiger partial charge in [0.2, 0.25) is 0 Å². The first-order chi connectivity index (χ1) is 16.8. The van der Waals surface area contributed by atoms with Crippen LogP contribution in [0, 0.1) is 25.5 Å². The predicted molar refractivity (Wildman–Crippen MR) is 130 cm³/mol. The first kappa shape index (κ1) is 23.0. The molecule has 35 heavy (non-hydrogen) atoms. The van der Waals surface area contributed by atoms with E-state index in [9.17, 15) is 8.78 Å². The summed E-state index contributed by atoms with van der Waals surface area (Å²) in [5.74, 6) is -0.00274. The number of ether oxygens (including phenoxy) is 1. The first-order valence-corrected chi connectivity index (χ1v) is 11.3. The van der Waals surface area contributed by atoms with Gasteiger partial charge in [-0.15, -0.1) is 10.2 Å². The van der Waals surface area contributed by atoms with Gasteiger partial charge in [0.1, 0.15) is 23.1 Å². The van der Waals surface area contributed by atoms with E-state index >= 15 is 0 Å². The predicted octanol–water partition coefficient (Wildman–Crippen LogP) is 6.40. The Morgan fingerprint density at radius 1 is 1.00 bits per heavy atom. The van der Waals surface area contributed by atoms with Crippen LogP contribution < -0.4 is 4.74 Å². The van der Waals surface area contributed by atoms with Gasteiger partial charge in [0.05, 0.1) is 35.9 Å². The van der Waals surface area contributed by atoms with Crippen LogP contribution in [0.3, 0.4) is 0 Å². The normalized spacial score (nSPS) is 12.3. The van der Waals surface area contributed by atoms with Crippen molar-refractivity contribution in [3.63, 3.8) is 0 Å². The second kappa shape index (κ2) is 8.78. The Labute approximate surface area is 206 Å². The largest absolute Gasteiger partial charge is 0.495 e. The molecule has 0 radical (unpaired) electrons. The first-order valence-electron chi connectivity index (χ1n) is 11.0. The zero-order chi connectivity index (χ0) is 24.9. The van der Waals surface area contributed by atoms with E-state index in [2.05, 4.69) is 15.2 Å². The van der Waals surface area contributed by atoms with Gasteiger partial charge in [-0.3, -0.25) is 0 Å². The number of fused-ring (bicyclic) bond motifs is 1. The number of rotatable bonds is 5. The topological polar surface area (TPSA) is 57.8 Å². The van der Waals surface area contributed by atoms with Crippen molar-refractivity contribution in [2.45, 2.75) is 26.8 Å². The zero-order valence-electron chi connectivity index (χ0n) is 19.6. The molecule has 3 heterocycles. The third-order valence-corrected chi connectivity index (χ3v) is 6.38. The Morgan fingerprint density at radius 3 is 2.40 bits per heavy atom. The van der Waals surface area contributed by atoms with Crippen molar-refractivity contribution in [1.29, 1.82) is 0 Å². The lowest BCUT2D eigenvalue weighted by Gasteiger charge is -2.21. The van der Waals surface area contributed by atoms with Crippen molar-refractivity contribution >= 4 is 11.6 Å². The number of hydrogen-bond donors (Lipinski definition) is 0. The molecule has 2 aliphatic heterocycles. The van der Waals surface area contributed by atoms with Crippen LogP contribution in [0.5, 0.6) is 5.75 Å². The zero-order valence-corrected chi connectivity index (χ0v) is 20.3. The molecule has 5 rings (SSSR count). The number of nitrogens with zero attached hydrogens (tertiary/aromatic N) is 5. The smallest absolute Gasteiger partial charge is 0.165 e. The van der Waals surface area contributed by atoms with E-state index < -0.39 is 17.7 Å². The van der Waals surface area contributed by atoms with Crippen LogP contribution in [0.25, 0.3) is 28.3 Å². The van der Waals surface area contributed by atoms with E-state index in [1.54, 1.807) is 30.3 Å². The lowest BCUT2D eigenvalue weighted by molar-refractivity contribution is 0.413. The van der Waals surface area contributed by atoms with Gasteiger partial charge in [0.15, 0.2) is 5.82 Å². The molecule has 0 fully saturated rings. The lowest BCUT2D eigenvalue weighted by atomic mass is 10.0. The molecule has 0 unspecified atom stereocenters. The van der Waals surface area contributed by atoms with E-state index in [1.165, 1.54) is 19.1 Å². The number of imidazole rings is 1. The summed E-state index contributed by atoms with van der Waals surface area (Å²) in [6, 6.07) is 9.75. The van der Waals surface area contributed by atoms with Gasteiger partial charge < -0.3 is 13.9 Å². The molecule has 2 aromatic carbocycles. The highest BCUT2D eigenvalue weighted by atomic mass is 35.5. The molecular formula is C26H22ClF2N5O. The van der Waals surface area contributed by atoms with E-state index in [0.29, 0.717) is 33.4 Å². The van der Waals surface area contributed by atoms with Crippen LogP contribution >= 0.6 is 11.6 Å². The SMILES string of the molecule is COc1cc(-c2nnc3n([C@H](C)c4cc(F)c(C)c(F)c4)cc(Cl)cc2-3)ccc1-n1cnc(C)c1. The summed E-state index contributed by atoms with van der Waals surface area (Å²) in [6.07, 6.45) is 5.33. The van der Waals surface area contributed by atoms with Gasteiger partial charge in [-0.05, 0) is 56.7 Å². The maximum Gasteiger partial charge on any atom is 0.165 e. The molecule has 0 N–H and O–H groups in total. The van der Waals surface area contributed by atoms with Gasteiger partial charge in [-0.2, -0.15) is 0 Å². The fourth-order valence-electron chi connectivity index (χ4n) is 4.17. The molecule has 178 valence electrons. The number of pyridine rings is 1. The van der Waals surface area contributed by atoms with Crippen molar-refractivity contribution in [1.82, 2.24) is 24.3 Å². The lowest BCUT2D eigenvalue weighted by Crippen LogP contribution is -2.12. The minimum atomic E-state index is -0.597. The Morgan fingerprint density at radius 2 is 1.74 bits per heavy atom. The highest BCUT2D eigenvalue weighted by molar-refractivity contribution is 6.30. The van der Waals surface area contributed by atoms with Gasteiger partial charge in [0, 0.05) is 29.1 Å². The van der Waals surface area contributed by atoms with E-state index in [-0.39, 0.29) is 5.56 Å². The van der Waals surface area contributed by atoms with Gasteiger partial charge in [0.25, 0.3) is 0 Å². The Balaban J connectivity index is 1.57. The fraction of sp³-hybridized carbons (Fsp3) is 0.192. The highest BCUT2D eigenvalue weighted by Gasteiger charge is 2.24. The number of halogens is 3. The van der Waals surface area contributed by atoms with Gasteiger partial charge in [-0.1, -0.05) is 17.7 Å². The molecule has 3 aromatic rings. The molecule has 0 saturated heterocycles. The van der Waals surface area contributed by atoms with Crippen LogP contribution in [0.15, 0.2) is 55.1 Å². The molecule has 0 bridgehead atoms. The van der Waals surface area contributed by atoms with Crippen LogP contribution in [0.1, 0.15) is 29.8 Å². The molecule has 9 heteroatoms. The molecular weight excluding hydrogens is 472 g/mol. The van der Waals surface area contributed by atoms with Crippen LogP contribution in [-0.2, 0) is 0 Å². The summed E-state index contributed by atoms with van der Waals surface area (Å²) in [5, 5.41) is 9.27. The van der Waals surface area contributed by atoms with Gasteiger partial charge in [-0.25, -0.2) is 13.8 Å². The average Bonchev–Trinajstić information content (AvgIpc) is 3.47. The van der Waals surface area contributed by atoms with E-state index in [4.69, 9.17) is 16.3 Å². The van der Waals surface area contributed by atoms with Crippen molar-refractivity contribution in [3.8, 4) is 34.1 Å². The quantitative estimate of drug-likeness (QED) is 0.284. The Kier molecular flexibility index (Phi) is 5.76. The summed E-state index contributed by atoms with van der Waals surface area (Å²) < 4.78 is 37.8. The standard InChI is InChI=1S/C26H22ClF2N5O/c1-14-11-33(13-30-14)23-6-5-17(9-24(23)35-4)25-20-10-19(27)12-34(26(20)32-31-25)16(3)18-7-21(28)15(2)22(29)8-18/h5-13,16H,1-4H3/t16-/m1/s1. The number of aryl methyl sites for hydroxylation is 1. The summed E-state index contributed by atoms with van der Waals surface area (Å²) in [6.45, 7) is 5.16. The second-order valence-corrected chi connectivity index (χ2v) is 8.88. The number of benzene rings is 2. The number of aromatic nitrogens is 5. The summed E-state index contributed by atoms with van der Waals surface area (Å²) >= 11 is 6.47. The molecule has 6 nitrogen and oxygen atoms in total. The van der Waals surface area contributed by atoms with E-state index in [0.717, 1.165) is 16.9 Å². The van der Waals surface area contributed by atoms with E-state index in [1.807, 2.05) is 42.8 Å². The minimum Gasteiger partial charge on any atom is -0.495 e. The van der Waals surface area contributed by atoms with Crippen LogP contribution in [0.4, 0.5) is 8.78 Å². The third-order valence-electron chi connectivity index (χ3n) is 6.18. The van der Waals surface area contributed by atoms with Crippen LogP contribution in [-0.4, -0.2) is 31.4 Å². The van der Waals surface area contributed by atoms with Crippen molar-refractivity contribution in [2.24, 2.45) is 0 Å². The monoisotopic (exact) mass is 493 g/mol. The highest BCUT2D eigenvalue weighted by Crippen LogP contribution is 2.38. The summed E-state index contributed by atoms with van der Waals surface area (Å²) in [5.41, 5.74) is 4.31. The fourth-order valence-corrected chi connectivity index (χ4v) is 4.38. The van der Waals surface area contributed by atoms with Crippen LogP contribution in [0.2, 0.25) is 5.02 Å². The maximum atomic E-state index is 14.2. The molecule has 0 saturated carbocycles.